The van der Waals surface area contributed by atoms with Gasteiger partial charge in [-0.15, -0.1) is 0 Å². The molecule has 9 nitrogen and oxygen atoms in total. The highest BCUT2D eigenvalue weighted by molar-refractivity contribution is 6.00. The summed E-state index contributed by atoms with van der Waals surface area (Å²) < 4.78 is 12.2. The molecule has 0 aliphatic heterocycles. The van der Waals surface area contributed by atoms with Crippen molar-refractivity contribution in [2.75, 3.05) is 31.9 Å². The molecule has 1 aromatic carbocycles. The van der Waals surface area contributed by atoms with Crippen LogP contribution in [0.2, 0.25) is 0 Å². The third kappa shape index (κ3) is 3.76. The van der Waals surface area contributed by atoms with Gasteiger partial charge < -0.3 is 25.4 Å². The number of nitrogens with zero attached hydrogens (tertiary/aromatic N) is 4. The molecule has 0 spiro atoms. The van der Waals surface area contributed by atoms with Crippen LogP contribution >= 0.6 is 0 Å². The molecule has 1 fully saturated rings. The van der Waals surface area contributed by atoms with Crippen molar-refractivity contribution in [3.05, 3.63) is 47.7 Å². The van der Waals surface area contributed by atoms with E-state index in [1.54, 1.807) is 24.8 Å². The summed E-state index contributed by atoms with van der Waals surface area (Å²) in [5.74, 6) is 1.65. The fraction of sp³-hybridized carbons (Fsp3) is 0.381. The van der Waals surface area contributed by atoms with E-state index in [0.717, 1.165) is 30.0 Å². The number of anilines is 2. The molecule has 158 valence electrons. The van der Waals surface area contributed by atoms with E-state index < -0.39 is 0 Å². The van der Waals surface area contributed by atoms with E-state index in [9.17, 15) is 4.79 Å². The van der Waals surface area contributed by atoms with Gasteiger partial charge in [0.05, 0.1) is 25.5 Å². The number of ether oxygens (including phenoxy) is 2. The fourth-order valence-electron chi connectivity index (χ4n) is 3.65. The van der Waals surface area contributed by atoms with Crippen LogP contribution in [0.25, 0.3) is 5.65 Å². The fourth-order valence-corrected chi connectivity index (χ4v) is 3.65. The van der Waals surface area contributed by atoms with Crippen molar-refractivity contribution in [2.45, 2.75) is 31.5 Å². The number of hydrogen-bond donors (Lipinski definition) is 2. The summed E-state index contributed by atoms with van der Waals surface area (Å²) in [6.45, 7) is 0.627. The topological polar surface area (TPSA) is 107 Å². The summed E-state index contributed by atoms with van der Waals surface area (Å²) >= 11 is 0. The minimum atomic E-state index is -0.224. The molecular formula is C21H26N6O3. The van der Waals surface area contributed by atoms with Gasteiger partial charge in [-0.05, 0) is 30.5 Å². The maximum atomic E-state index is 12.8. The van der Waals surface area contributed by atoms with Crippen molar-refractivity contribution in [2.24, 2.45) is 0 Å². The maximum absolute atomic E-state index is 12.8. The molecule has 0 radical (unpaired) electrons. The van der Waals surface area contributed by atoms with Crippen molar-refractivity contribution >= 4 is 23.2 Å². The smallest absolute Gasteiger partial charge is 0.257 e. The van der Waals surface area contributed by atoms with Crippen LogP contribution in [0.5, 0.6) is 5.75 Å². The Labute approximate surface area is 174 Å². The summed E-state index contributed by atoms with van der Waals surface area (Å²) in [6, 6.07) is 9.61. The number of hydrogen-bond acceptors (Lipinski definition) is 7. The zero-order chi connectivity index (χ0) is 21.3. The first-order valence-corrected chi connectivity index (χ1v) is 9.82. The summed E-state index contributed by atoms with van der Waals surface area (Å²) in [5, 5.41) is 7.41. The molecule has 1 aliphatic carbocycles. The van der Waals surface area contributed by atoms with E-state index in [1.165, 1.54) is 6.20 Å². The summed E-state index contributed by atoms with van der Waals surface area (Å²) in [6.07, 6.45) is 3.43. The number of nitrogen functional groups attached to an aromatic ring is 1. The van der Waals surface area contributed by atoms with Crippen LogP contribution in [-0.4, -0.2) is 53.9 Å². The van der Waals surface area contributed by atoms with Gasteiger partial charge in [-0.25, -0.2) is 4.98 Å². The number of carbonyl (C=O) groups excluding carboxylic acids is 1. The van der Waals surface area contributed by atoms with E-state index in [1.807, 2.05) is 36.2 Å². The largest absolute Gasteiger partial charge is 0.497 e. The third-order valence-electron chi connectivity index (χ3n) is 5.52. The number of fused-ring (bicyclic) bond motifs is 1. The first-order valence-electron chi connectivity index (χ1n) is 9.82. The van der Waals surface area contributed by atoms with Crippen LogP contribution in [-0.2, 0) is 11.3 Å². The lowest BCUT2D eigenvalue weighted by Gasteiger charge is -2.35. The summed E-state index contributed by atoms with van der Waals surface area (Å²) in [4.78, 5) is 19.2. The molecule has 2 aromatic heterocycles. The van der Waals surface area contributed by atoms with Crippen LogP contribution < -0.4 is 20.7 Å². The van der Waals surface area contributed by atoms with Gasteiger partial charge in [0.25, 0.3) is 5.91 Å². The second-order valence-electron chi connectivity index (χ2n) is 7.47. The number of methoxy groups -OCH3 is 2. The second-order valence-corrected chi connectivity index (χ2v) is 7.47. The number of amides is 1. The van der Waals surface area contributed by atoms with Gasteiger partial charge in [0.2, 0.25) is 0 Å². The zero-order valence-electron chi connectivity index (χ0n) is 17.3. The Bertz CT molecular complexity index is 1050. The monoisotopic (exact) mass is 410 g/mol. The highest BCUT2D eigenvalue weighted by atomic mass is 16.5. The Balaban J connectivity index is 1.58. The van der Waals surface area contributed by atoms with Gasteiger partial charge in [-0.3, -0.25) is 4.79 Å². The predicted molar refractivity (Wildman–Crippen MR) is 114 cm³/mol. The number of nitrogens with one attached hydrogen (secondary N) is 1. The zero-order valence-corrected chi connectivity index (χ0v) is 17.3. The van der Waals surface area contributed by atoms with E-state index in [0.29, 0.717) is 23.6 Å². The molecular weight excluding hydrogens is 384 g/mol. The van der Waals surface area contributed by atoms with E-state index in [-0.39, 0.29) is 18.1 Å². The molecule has 4 rings (SSSR count). The van der Waals surface area contributed by atoms with Gasteiger partial charge in [-0.2, -0.15) is 9.61 Å². The molecule has 3 N–H and O–H groups in total. The highest BCUT2D eigenvalue weighted by Crippen LogP contribution is 2.25. The minimum Gasteiger partial charge on any atom is -0.497 e. The molecule has 1 saturated carbocycles. The van der Waals surface area contributed by atoms with Crippen LogP contribution in [0.4, 0.5) is 11.6 Å². The molecule has 1 aliphatic rings. The highest BCUT2D eigenvalue weighted by Gasteiger charge is 2.33. The van der Waals surface area contributed by atoms with Crippen LogP contribution in [0.15, 0.2) is 36.5 Å². The SMILES string of the molecule is COc1ccc(CN(C)c2cc(N)nc3c(C(=O)N[C@@H]4CC[C@H]4OC)cnn23)cc1. The van der Waals surface area contributed by atoms with E-state index in [4.69, 9.17) is 15.2 Å². The molecule has 0 unspecified atom stereocenters. The molecule has 0 bridgehead atoms. The number of carbonyl (C=O) groups is 1. The first kappa shape index (κ1) is 20.0. The standard InChI is InChI=1S/C21H26N6O3/c1-26(12-13-4-6-14(29-2)7-5-13)19-10-18(22)25-20-15(11-23-27(19)20)21(28)24-16-8-9-17(16)30-3/h4-7,10-11,16-17H,8-9,12H2,1-3H3,(H2,22,25)(H,24,28)/t16-,17-/m1/s1. The van der Waals surface area contributed by atoms with Gasteiger partial charge in [0, 0.05) is 26.8 Å². The van der Waals surface area contributed by atoms with Gasteiger partial charge in [0.1, 0.15) is 22.9 Å². The number of benzene rings is 1. The molecule has 0 saturated heterocycles. The van der Waals surface area contributed by atoms with Crippen LogP contribution in [0.1, 0.15) is 28.8 Å². The van der Waals surface area contributed by atoms with Crippen molar-refractivity contribution in [1.82, 2.24) is 19.9 Å². The minimum absolute atomic E-state index is 0.00993. The molecule has 9 heteroatoms. The first-order chi connectivity index (χ1) is 14.5. The van der Waals surface area contributed by atoms with Gasteiger partial charge in [-0.1, -0.05) is 12.1 Å². The molecule has 1 amide bonds. The van der Waals surface area contributed by atoms with Gasteiger partial charge >= 0.3 is 0 Å². The maximum Gasteiger partial charge on any atom is 0.257 e. The number of nitrogens with two attached hydrogens (primary N) is 1. The Morgan fingerprint density at radius 1 is 1.30 bits per heavy atom. The molecule has 3 aromatic rings. The Morgan fingerprint density at radius 2 is 2.07 bits per heavy atom. The number of aromatic nitrogens is 3. The summed E-state index contributed by atoms with van der Waals surface area (Å²) in [5.41, 5.74) is 7.98. The lowest BCUT2D eigenvalue weighted by atomic mass is 9.89. The lowest BCUT2D eigenvalue weighted by molar-refractivity contribution is 0.00732. The van der Waals surface area contributed by atoms with Crippen molar-refractivity contribution < 1.29 is 14.3 Å². The Hall–Kier alpha value is -3.33. The normalized spacial score (nSPS) is 18.1. The Kier molecular flexibility index (Phi) is 5.45. The predicted octanol–water partition coefficient (Wildman–Crippen LogP) is 1.86. The molecule has 2 atom stereocenters. The number of rotatable bonds is 7. The van der Waals surface area contributed by atoms with Crippen molar-refractivity contribution in [1.29, 1.82) is 0 Å². The van der Waals surface area contributed by atoms with Crippen LogP contribution in [0, 0.1) is 0 Å². The van der Waals surface area contributed by atoms with Gasteiger partial charge in [0.15, 0.2) is 5.65 Å². The average molecular weight is 410 g/mol. The molecule has 2 heterocycles. The van der Waals surface area contributed by atoms with E-state index >= 15 is 0 Å². The lowest BCUT2D eigenvalue weighted by Crippen LogP contribution is -2.51. The van der Waals surface area contributed by atoms with Crippen molar-refractivity contribution in [3.8, 4) is 5.75 Å². The van der Waals surface area contributed by atoms with Crippen LogP contribution in [0.3, 0.4) is 0 Å². The molecule has 30 heavy (non-hydrogen) atoms. The third-order valence-corrected chi connectivity index (χ3v) is 5.52. The van der Waals surface area contributed by atoms with E-state index in [2.05, 4.69) is 15.4 Å². The summed E-state index contributed by atoms with van der Waals surface area (Å²) in [7, 11) is 5.24. The van der Waals surface area contributed by atoms with Crippen molar-refractivity contribution in [3.63, 3.8) is 0 Å². The Morgan fingerprint density at radius 3 is 2.70 bits per heavy atom. The quantitative estimate of drug-likeness (QED) is 0.612. The second kappa shape index (κ2) is 8.19. The average Bonchev–Trinajstić information content (AvgIpc) is 3.15.